The van der Waals surface area contributed by atoms with E-state index in [1.54, 1.807) is 0 Å². The average molecular weight is 382 g/mol. The van der Waals surface area contributed by atoms with E-state index in [0.717, 1.165) is 37.8 Å². The highest BCUT2D eigenvalue weighted by molar-refractivity contribution is 7.85. The highest BCUT2D eigenvalue weighted by Gasteiger charge is 2.33. The molecule has 5 rings (SSSR count). The monoisotopic (exact) mass is 382 g/mol. The molecule has 0 spiro atoms. The van der Waals surface area contributed by atoms with Gasteiger partial charge in [0, 0.05) is 21.4 Å². The quantitative estimate of drug-likeness (QED) is 0.384. The molecular weight excluding hydrogens is 363 g/mol. The standard InChI is InChI=1S/C25H19O2P/c1-18-16-22-21-14-8-9-15-23(21)27-25(22)24(17-18)28(26,19-10-4-2-5-11-19)20-12-6-3-7-13-20/h2-17H,1H3. The van der Waals surface area contributed by atoms with Gasteiger partial charge in [-0.25, -0.2) is 0 Å². The minimum absolute atomic E-state index is 0.711. The van der Waals surface area contributed by atoms with Gasteiger partial charge in [0.1, 0.15) is 11.2 Å². The molecule has 0 amide bonds. The summed E-state index contributed by atoms with van der Waals surface area (Å²) in [5.41, 5.74) is 2.60. The lowest BCUT2D eigenvalue weighted by molar-refractivity contribution is 0.592. The van der Waals surface area contributed by atoms with E-state index in [-0.39, 0.29) is 0 Å². The first-order valence-corrected chi connectivity index (χ1v) is 11.0. The molecule has 4 aromatic carbocycles. The van der Waals surface area contributed by atoms with Crippen LogP contribution in [0.15, 0.2) is 101 Å². The second-order valence-electron chi connectivity index (χ2n) is 7.04. The van der Waals surface area contributed by atoms with Gasteiger partial charge >= 0.3 is 0 Å². The molecule has 0 bridgehead atoms. The molecule has 5 aromatic rings. The van der Waals surface area contributed by atoms with Crippen LogP contribution in [0.25, 0.3) is 21.9 Å². The van der Waals surface area contributed by atoms with E-state index >= 15 is 0 Å². The lowest BCUT2D eigenvalue weighted by atomic mass is 10.1. The number of hydrogen-bond acceptors (Lipinski definition) is 2. The number of furan rings is 1. The van der Waals surface area contributed by atoms with Crippen LogP contribution in [0.5, 0.6) is 0 Å². The van der Waals surface area contributed by atoms with Crippen LogP contribution in [0.4, 0.5) is 0 Å². The van der Waals surface area contributed by atoms with Crippen molar-refractivity contribution in [1.82, 2.24) is 0 Å². The Kier molecular flexibility index (Phi) is 3.96. The maximum absolute atomic E-state index is 14.8. The predicted octanol–water partition coefficient (Wildman–Crippen LogP) is 5.53. The topological polar surface area (TPSA) is 30.2 Å². The van der Waals surface area contributed by atoms with Crippen molar-refractivity contribution in [2.45, 2.75) is 6.92 Å². The van der Waals surface area contributed by atoms with Crippen LogP contribution in [-0.4, -0.2) is 0 Å². The van der Waals surface area contributed by atoms with Gasteiger partial charge in [0.2, 0.25) is 0 Å². The maximum atomic E-state index is 14.8. The largest absolute Gasteiger partial charge is 0.455 e. The summed E-state index contributed by atoms with van der Waals surface area (Å²) in [4.78, 5) is 0. The molecule has 0 N–H and O–H groups in total. The summed E-state index contributed by atoms with van der Waals surface area (Å²) < 4.78 is 21.1. The third-order valence-electron chi connectivity index (χ3n) is 5.18. The molecule has 1 aromatic heterocycles. The fourth-order valence-electron chi connectivity index (χ4n) is 3.89. The second kappa shape index (κ2) is 6.51. The third-order valence-corrected chi connectivity index (χ3v) is 8.24. The zero-order valence-electron chi connectivity index (χ0n) is 15.5. The lowest BCUT2D eigenvalue weighted by Crippen LogP contribution is -2.25. The van der Waals surface area contributed by atoms with Crippen LogP contribution in [0, 0.1) is 6.92 Å². The third kappa shape index (κ3) is 2.53. The Hall–Kier alpha value is -3.09. The highest BCUT2D eigenvalue weighted by atomic mass is 31.2. The number of para-hydroxylation sites is 1. The zero-order valence-corrected chi connectivity index (χ0v) is 16.4. The molecular formula is C25H19O2P. The SMILES string of the molecule is Cc1cc(P(=O)(c2ccccc2)c2ccccc2)c2oc3ccccc3c2c1. The predicted molar refractivity (Wildman–Crippen MR) is 118 cm³/mol. The molecule has 136 valence electrons. The summed E-state index contributed by atoms with van der Waals surface area (Å²) in [7, 11) is -3.10. The van der Waals surface area contributed by atoms with Crippen molar-refractivity contribution in [1.29, 1.82) is 0 Å². The van der Waals surface area contributed by atoms with Gasteiger partial charge in [0.25, 0.3) is 0 Å². The van der Waals surface area contributed by atoms with Crippen LogP contribution in [0.2, 0.25) is 0 Å². The van der Waals surface area contributed by atoms with Crippen LogP contribution in [-0.2, 0) is 4.57 Å². The van der Waals surface area contributed by atoms with Crippen molar-refractivity contribution in [3.05, 3.63) is 103 Å². The molecule has 0 radical (unpaired) electrons. The molecule has 28 heavy (non-hydrogen) atoms. The summed E-state index contributed by atoms with van der Waals surface area (Å²) in [6, 6.07) is 31.6. The smallest absolute Gasteiger partial charge is 0.174 e. The van der Waals surface area contributed by atoms with Gasteiger partial charge in [0.15, 0.2) is 7.14 Å². The van der Waals surface area contributed by atoms with Crippen molar-refractivity contribution < 1.29 is 8.98 Å². The molecule has 0 saturated heterocycles. The molecule has 3 heteroatoms. The summed E-state index contributed by atoms with van der Waals surface area (Å²) in [5.74, 6) is 0. The first kappa shape index (κ1) is 17.0. The normalized spacial score (nSPS) is 11.9. The Morgan fingerprint density at radius 3 is 1.89 bits per heavy atom. The number of hydrogen-bond donors (Lipinski definition) is 0. The van der Waals surface area contributed by atoms with Gasteiger partial charge in [-0.05, 0) is 30.7 Å². The lowest BCUT2D eigenvalue weighted by Gasteiger charge is -2.20. The fourth-order valence-corrected chi connectivity index (χ4v) is 6.76. The molecule has 0 aliphatic rings. The maximum Gasteiger partial charge on any atom is 0.174 e. The van der Waals surface area contributed by atoms with Crippen LogP contribution >= 0.6 is 7.14 Å². The van der Waals surface area contributed by atoms with E-state index in [2.05, 4.69) is 12.1 Å². The van der Waals surface area contributed by atoms with Gasteiger partial charge in [-0.3, -0.25) is 0 Å². The fraction of sp³-hybridized carbons (Fsp3) is 0.0400. The van der Waals surface area contributed by atoms with Gasteiger partial charge < -0.3 is 8.98 Å². The summed E-state index contributed by atoms with van der Waals surface area (Å²) in [5, 5.41) is 4.45. The zero-order chi connectivity index (χ0) is 19.1. The van der Waals surface area contributed by atoms with Gasteiger partial charge in [-0.1, -0.05) is 78.9 Å². The van der Waals surface area contributed by atoms with Crippen molar-refractivity contribution in [3.8, 4) is 0 Å². The van der Waals surface area contributed by atoms with E-state index in [1.807, 2.05) is 91.9 Å². The van der Waals surface area contributed by atoms with Crippen molar-refractivity contribution in [3.63, 3.8) is 0 Å². The van der Waals surface area contributed by atoms with Crippen LogP contribution in [0.3, 0.4) is 0 Å². The molecule has 2 nitrogen and oxygen atoms in total. The minimum Gasteiger partial charge on any atom is -0.455 e. The Labute approximate surface area is 163 Å². The molecule has 0 saturated carbocycles. The summed E-state index contributed by atoms with van der Waals surface area (Å²) in [6.07, 6.45) is 0. The molecule has 0 aliphatic carbocycles. The molecule has 0 fully saturated rings. The van der Waals surface area contributed by atoms with E-state index in [9.17, 15) is 4.57 Å². The Balaban J connectivity index is 1.93. The second-order valence-corrected chi connectivity index (χ2v) is 9.77. The Bertz CT molecular complexity index is 1290. The number of fused-ring (bicyclic) bond motifs is 3. The van der Waals surface area contributed by atoms with Crippen molar-refractivity contribution >= 4 is 45.0 Å². The van der Waals surface area contributed by atoms with E-state index in [0.29, 0.717) is 5.58 Å². The first-order chi connectivity index (χ1) is 13.7. The van der Waals surface area contributed by atoms with Crippen LogP contribution < -0.4 is 15.9 Å². The summed E-state index contributed by atoms with van der Waals surface area (Å²) in [6.45, 7) is 2.05. The molecule has 0 unspecified atom stereocenters. The van der Waals surface area contributed by atoms with Crippen molar-refractivity contribution in [2.75, 3.05) is 0 Å². The number of benzene rings is 4. The highest BCUT2D eigenvalue weighted by Crippen LogP contribution is 2.45. The molecule has 0 aliphatic heterocycles. The number of rotatable bonds is 3. The van der Waals surface area contributed by atoms with Gasteiger partial charge in [-0.2, -0.15) is 0 Å². The number of aryl methyl sites for hydroxylation is 1. The molecule has 1 heterocycles. The Morgan fingerprint density at radius 1 is 0.679 bits per heavy atom. The van der Waals surface area contributed by atoms with E-state index < -0.39 is 7.14 Å². The van der Waals surface area contributed by atoms with Crippen molar-refractivity contribution in [2.24, 2.45) is 0 Å². The molecule has 0 atom stereocenters. The van der Waals surface area contributed by atoms with Gasteiger partial charge in [0.05, 0.1) is 5.30 Å². The summed E-state index contributed by atoms with van der Waals surface area (Å²) >= 11 is 0. The van der Waals surface area contributed by atoms with Crippen LogP contribution in [0.1, 0.15) is 5.56 Å². The minimum atomic E-state index is -3.10. The van der Waals surface area contributed by atoms with Gasteiger partial charge in [-0.15, -0.1) is 0 Å². The first-order valence-electron chi connectivity index (χ1n) is 9.32. The Morgan fingerprint density at radius 2 is 1.25 bits per heavy atom. The average Bonchev–Trinajstić information content (AvgIpc) is 3.12. The van der Waals surface area contributed by atoms with E-state index in [4.69, 9.17) is 4.42 Å². The van der Waals surface area contributed by atoms with E-state index in [1.165, 1.54) is 0 Å².